The van der Waals surface area contributed by atoms with Crippen LogP contribution in [0.5, 0.6) is 0 Å². The molecular weight excluding hydrogens is 272 g/mol. The molecular formula is C16H23ClN2O. The number of rotatable bonds is 3. The van der Waals surface area contributed by atoms with Crippen molar-refractivity contribution in [3.63, 3.8) is 0 Å². The summed E-state index contributed by atoms with van der Waals surface area (Å²) >= 11 is 5.87. The zero-order chi connectivity index (χ0) is 14.5. The summed E-state index contributed by atoms with van der Waals surface area (Å²) in [5.74, 6) is 0.157. The number of amides is 1. The van der Waals surface area contributed by atoms with Crippen molar-refractivity contribution in [1.82, 2.24) is 4.90 Å². The second kappa shape index (κ2) is 7.09. The van der Waals surface area contributed by atoms with Crippen molar-refractivity contribution in [1.29, 1.82) is 0 Å². The van der Waals surface area contributed by atoms with Crippen molar-refractivity contribution in [2.45, 2.75) is 44.7 Å². The fourth-order valence-corrected chi connectivity index (χ4v) is 2.99. The van der Waals surface area contributed by atoms with Crippen LogP contribution in [0.15, 0.2) is 24.3 Å². The van der Waals surface area contributed by atoms with Crippen LogP contribution < -0.4 is 5.73 Å². The third-order valence-corrected chi connectivity index (χ3v) is 4.35. The van der Waals surface area contributed by atoms with Crippen LogP contribution in [0.2, 0.25) is 5.02 Å². The summed E-state index contributed by atoms with van der Waals surface area (Å²) in [5.41, 5.74) is 7.26. The first kappa shape index (κ1) is 15.3. The van der Waals surface area contributed by atoms with Gasteiger partial charge in [0.2, 0.25) is 5.91 Å². The van der Waals surface area contributed by atoms with Crippen molar-refractivity contribution in [2.24, 2.45) is 11.7 Å². The lowest BCUT2D eigenvalue weighted by Crippen LogP contribution is -2.41. The maximum atomic E-state index is 12.6. The lowest BCUT2D eigenvalue weighted by Gasteiger charge is -2.26. The molecule has 1 amide bonds. The topological polar surface area (TPSA) is 46.3 Å². The molecule has 1 aliphatic rings. The second-order valence-corrected chi connectivity index (χ2v) is 6.17. The molecule has 0 heterocycles. The van der Waals surface area contributed by atoms with Gasteiger partial charge in [0.05, 0.1) is 5.92 Å². The van der Waals surface area contributed by atoms with E-state index in [1.54, 1.807) is 4.90 Å². The van der Waals surface area contributed by atoms with Crippen molar-refractivity contribution in [3.8, 4) is 0 Å². The summed E-state index contributed by atoms with van der Waals surface area (Å²) in [6, 6.07) is 7.63. The van der Waals surface area contributed by atoms with Crippen LogP contribution in [0.3, 0.4) is 0 Å². The van der Waals surface area contributed by atoms with Crippen LogP contribution in [-0.2, 0) is 11.3 Å². The van der Waals surface area contributed by atoms with Gasteiger partial charge >= 0.3 is 0 Å². The molecule has 0 spiro atoms. The summed E-state index contributed by atoms with van der Waals surface area (Å²) in [6.07, 6.45) is 5.33. The molecule has 3 nitrogen and oxygen atoms in total. The highest BCUT2D eigenvalue weighted by Crippen LogP contribution is 2.24. The molecule has 1 fully saturated rings. The molecule has 0 bridgehead atoms. The Balaban J connectivity index is 1.98. The number of nitrogens with two attached hydrogens (primary N) is 1. The summed E-state index contributed by atoms with van der Waals surface area (Å²) in [5, 5.41) is 0.716. The number of halogens is 1. The van der Waals surface area contributed by atoms with Crippen molar-refractivity contribution >= 4 is 17.5 Å². The third kappa shape index (κ3) is 3.97. The minimum Gasteiger partial charge on any atom is -0.341 e. The van der Waals surface area contributed by atoms with Gasteiger partial charge in [-0.25, -0.2) is 0 Å². The van der Waals surface area contributed by atoms with Crippen LogP contribution in [0.25, 0.3) is 0 Å². The van der Waals surface area contributed by atoms with E-state index in [0.29, 0.717) is 11.6 Å². The van der Waals surface area contributed by atoms with Gasteiger partial charge in [0, 0.05) is 24.7 Å². The van der Waals surface area contributed by atoms with E-state index in [0.717, 1.165) is 31.2 Å². The maximum absolute atomic E-state index is 12.6. The first-order valence-electron chi connectivity index (χ1n) is 7.33. The molecule has 1 aromatic rings. The van der Waals surface area contributed by atoms with E-state index >= 15 is 0 Å². The fraction of sp³-hybridized carbons (Fsp3) is 0.562. The number of benzene rings is 1. The quantitative estimate of drug-likeness (QED) is 0.870. The lowest BCUT2D eigenvalue weighted by molar-refractivity contribution is -0.135. The second-order valence-electron chi connectivity index (χ2n) is 5.73. The van der Waals surface area contributed by atoms with Gasteiger partial charge in [0.1, 0.15) is 0 Å². The van der Waals surface area contributed by atoms with E-state index in [9.17, 15) is 4.79 Å². The molecule has 0 aromatic heterocycles. The number of nitrogens with zero attached hydrogens (tertiary/aromatic N) is 1. The number of carbonyl (C=O) groups is 1. The molecule has 1 aromatic carbocycles. The van der Waals surface area contributed by atoms with Crippen molar-refractivity contribution in [2.75, 3.05) is 7.05 Å². The van der Waals surface area contributed by atoms with Crippen LogP contribution >= 0.6 is 11.6 Å². The van der Waals surface area contributed by atoms with Gasteiger partial charge in [-0.3, -0.25) is 4.79 Å². The Bertz CT molecular complexity index is 446. The number of hydrogen-bond acceptors (Lipinski definition) is 2. The van der Waals surface area contributed by atoms with Gasteiger partial charge in [-0.1, -0.05) is 43.0 Å². The highest BCUT2D eigenvalue weighted by Gasteiger charge is 2.29. The van der Waals surface area contributed by atoms with E-state index in [2.05, 4.69) is 0 Å². The van der Waals surface area contributed by atoms with E-state index in [1.165, 1.54) is 6.42 Å². The average Bonchev–Trinajstić information content (AvgIpc) is 2.65. The van der Waals surface area contributed by atoms with E-state index in [1.807, 2.05) is 31.3 Å². The highest BCUT2D eigenvalue weighted by molar-refractivity contribution is 6.30. The Kier molecular flexibility index (Phi) is 5.44. The Hall–Kier alpha value is -1.06. The number of carbonyl (C=O) groups excluding carboxylic acids is 1. The van der Waals surface area contributed by atoms with E-state index in [-0.39, 0.29) is 17.9 Å². The Labute approximate surface area is 126 Å². The van der Waals surface area contributed by atoms with E-state index in [4.69, 9.17) is 17.3 Å². The van der Waals surface area contributed by atoms with Gasteiger partial charge in [0.15, 0.2) is 0 Å². The SMILES string of the molecule is CN(Cc1ccc(Cl)cc1)C(=O)C1CCCCCC1N. The minimum absolute atomic E-state index is 0.0117. The Morgan fingerprint density at radius 1 is 1.25 bits per heavy atom. The van der Waals surface area contributed by atoms with Gasteiger partial charge in [-0.2, -0.15) is 0 Å². The molecule has 2 atom stereocenters. The van der Waals surface area contributed by atoms with Crippen molar-refractivity contribution < 1.29 is 4.79 Å². The molecule has 0 saturated heterocycles. The Morgan fingerprint density at radius 3 is 2.60 bits per heavy atom. The zero-order valence-corrected chi connectivity index (χ0v) is 12.8. The molecule has 2 unspecified atom stereocenters. The van der Waals surface area contributed by atoms with Crippen LogP contribution in [-0.4, -0.2) is 23.9 Å². The van der Waals surface area contributed by atoms with Crippen LogP contribution in [0.1, 0.15) is 37.7 Å². The molecule has 2 N–H and O–H groups in total. The molecule has 0 aliphatic heterocycles. The molecule has 20 heavy (non-hydrogen) atoms. The Morgan fingerprint density at radius 2 is 1.90 bits per heavy atom. The molecule has 0 radical (unpaired) electrons. The zero-order valence-electron chi connectivity index (χ0n) is 12.0. The molecule has 2 rings (SSSR count). The minimum atomic E-state index is -0.0187. The maximum Gasteiger partial charge on any atom is 0.227 e. The highest BCUT2D eigenvalue weighted by atomic mass is 35.5. The van der Waals surface area contributed by atoms with Crippen molar-refractivity contribution in [3.05, 3.63) is 34.9 Å². The van der Waals surface area contributed by atoms with Gasteiger partial charge < -0.3 is 10.6 Å². The van der Waals surface area contributed by atoms with Crippen LogP contribution in [0.4, 0.5) is 0 Å². The first-order valence-corrected chi connectivity index (χ1v) is 7.70. The van der Waals surface area contributed by atoms with Gasteiger partial charge in [-0.15, -0.1) is 0 Å². The van der Waals surface area contributed by atoms with E-state index < -0.39 is 0 Å². The molecule has 4 heteroatoms. The normalized spacial score (nSPS) is 23.1. The predicted molar refractivity (Wildman–Crippen MR) is 82.5 cm³/mol. The predicted octanol–water partition coefficient (Wildman–Crippen LogP) is 3.21. The summed E-state index contributed by atoms with van der Waals surface area (Å²) in [7, 11) is 1.86. The third-order valence-electron chi connectivity index (χ3n) is 4.10. The first-order chi connectivity index (χ1) is 9.58. The smallest absolute Gasteiger partial charge is 0.227 e. The molecule has 110 valence electrons. The van der Waals surface area contributed by atoms with Gasteiger partial charge in [0.25, 0.3) is 0 Å². The van der Waals surface area contributed by atoms with Crippen LogP contribution in [0, 0.1) is 5.92 Å². The summed E-state index contributed by atoms with van der Waals surface area (Å²) in [4.78, 5) is 14.3. The molecule has 1 aliphatic carbocycles. The lowest BCUT2D eigenvalue weighted by atomic mass is 9.94. The standard InChI is InChI=1S/C16H23ClN2O/c1-19(11-12-7-9-13(17)10-8-12)16(20)14-5-3-2-4-6-15(14)18/h7-10,14-15H,2-6,11,18H2,1H3. The van der Waals surface area contributed by atoms with Gasteiger partial charge in [-0.05, 0) is 30.5 Å². The fourth-order valence-electron chi connectivity index (χ4n) is 2.87. The largest absolute Gasteiger partial charge is 0.341 e. The summed E-state index contributed by atoms with van der Waals surface area (Å²) < 4.78 is 0. The summed E-state index contributed by atoms with van der Waals surface area (Å²) in [6.45, 7) is 0.610. The number of hydrogen-bond donors (Lipinski definition) is 1. The molecule has 1 saturated carbocycles. The average molecular weight is 295 g/mol. The monoisotopic (exact) mass is 294 g/mol.